The Bertz CT molecular complexity index is 679. The zero-order valence-corrected chi connectivity index (χ0v) is 14.0. The van der Waals surface area contributed by atoms with Gasteiger partial charge in [-0.05, 0) is 30.5 Å². The maximum atomic E-state index is 12.5. The van der Waals surface area contributed by atoms with Gasteiger partial charge in [0.05, 0.1) is 32.9 Å². The van der Waals surface area contributed by atoms with Crippen LogP contribution in [0, 0.1) is 0 Å². The van der Waals surface area contributed by atoms with Crippen LogP contribution in [0.1, 0.15) is 24.4 Å². The van der Waals surface area contributed by atoms with E-state index in [1.165, 1.54) is 0 Å². The molecule has 1 aliphatic heterocycles. The van der Waals surface area contributed by atoms with Crippen molar-refractivity contribution in [3.05, 3.63) is 36.2 Å². The van der Waals surface area contributed by atoms with Gasteiger partial charge in [-0.2, -0.15) is 0 Å². The van der Waals surface area contributed by atoms with Gasteiger partial charge in [0.25, 0.3) is 0 Å². The third-order valence-corrected chi connectivity index (χ3v) is 4.44. The van der Waals surface area contributed by atoms with E-state index in [0.717, 1.165) is 31.5 Å². The summed E-state index contributed by atoms with van der Waals surface area (Å²) in [6, 6.07) is 5.93. The van der Waals surface area contributed by atoms with Gasteiger partial charge in [-0.25, -0.2) is 4.68 Å². The van der Waals surface area contributed by atoms with Gasteiger partial charge >= 0.3 is 0 Å². The van der Waals surface area contributed by atoms with E-state index in [0.29, 0.717) is 24.0 Å². The quantitative estimate of drug-likeness (QED) is 0.834. The van der Waals surface area contributed by atoms with E-state index < -0.39 is 0 Å². The minimum atomic E-state index is 0.138. The molecule has 1 amide bonds. The first-order valence-corrected chi connectivity index (χ1v) is 8.05. The minimum Gasteiger partial charge on any atom is -0.493 e. The van der Waals surface area contributed by atoms with Crippen LogP contribution in [-0.2, 0) is 11.2 Å². The summed E-state index contributed by atoms with van der Waals surface area (Å²) in [6.07, 6.45) is 5.75. The summed E-state index contributed by atoms with van der Waals surface area (Å²) in [6.45, 7) is 1.49. The van der Waals surface area contributed by atoms with Crippen molar-refractivity contribution in [2.75, 3.05) is 27.3 Å². The van der Waals surface area contributed by atoms with Crippen LogP contribution < -0.4 is 9.47 Å². The summed E-state index contributed by atoms with van der Waals surface area (Å²) in [5.41, 5.74) is 0.927. The lowest BCUT2D eigenvalue weighted by Gasteiger charge is -2.32. The van der Waals surface area contributed by atoms with Crippen LogP contribution in [0.4, 0.5) is 0 Å². The Morgan fingerprint density at radius 3 is 2.58 bits per heavy atom. The largest absolute Gasteiger partial charge is 0.493 e. The van der Waals surface area contributed by atoms with Gasteiger partial charge in [-0.1, -0.05) is 11.3 Å². The van der Waals surface area contributed by atoms with Crippen molar-refractivity contribution in [3.63, 3.8) is 0 Å². The number of aromatic nitrogens is 3. The maximum Gasteiger partial charge on any atom is 0.226 e. The lowest BCUT2D eigenvalue weighted by Crippen LogP contribution is -2.40. The fourth-order valence-corrected chi connectivity index (χ4v) is 3.07. The molecule has 3 rings (SSSR count). The first-order chi connectivity index (χ1) is 11.7. The van der Waals surface area contributed by atoms with E-state index in [1.54, 1.807) is 20.4 Å². The second-order valence-electron chi connectivity index (χ2n) is 5.86. The number of hydrogen-bond donors (Lipinski definition) is 0. The highest BCUT2D eigenvalue weighted by Gasteiger charge is 2.24. The average Bonchev–Trinajstić information content (AvgIpc) is 3.16. The molecule has 0 N–H and O–H groups in total. The lowest BCUT2D eigenvalue weighted by molar-refractivity contribution is -0.131. The van der Waals surface area contributed by atoms with E-state index in [1.807, 2.05) is 34.0 Å². The average molecular weight is 330 g/mol. The Balaban J connectivity index is 1.58. The molecular formula is C17H22N4O3. The Hall–Kier alpha value is -2.57. The summed E-state index contributed by atoms with van der Waals surface area (Å²) >= 11 is 0. The Morgan fingerprint density at radius 2 is 1.96 bits per heavy atom. The van der Waals surface area contributed by atoms with Crippen molar-refractivity contribution in [2.24, 2.45) is 0 Å². The van der Waals surface area contributed by atoms with Crippen molar-refractivity contribution < 1.29 is 14.3 Å². The lowest BCUT2D eigenvalue weighted by atomic mass is 10.0. The number of carbonyl (C=O) groups is 1. The molecule has 1 aliphatic rings. The van der Waals surface area contributed by atoms with Crippen LogP contribution in [0.2, 0.25) is 0 Å². The van der Waals surface area contributed by atoms with Crippen LogP contribution in [0.25, 0.3) is 0 Å². The highest BCUT2D eigenvalue weighted by molar-refractivity contribution is 5.79. The van der Waals surface area contributed by atoms with Crippen LogP contribution in [-0.4, -0.2) is 53.1 Å². The van der Waals surface area contributed by atoms with Crippen LogP contribution in [0.5, 0.6) is 11.5 Å². The van der Waals surface area contributed by atoms with Crippen LogP contribution in [0.15, 0.2) is 30.6 Å². The number of ether oxygens (including phenoxy) is 2. The molecule has 1 aromatic carbocycles. The highest BCUT2D eigenvalue weighted by atomic mass is 16.5. The number of methoxy groups -OCH3 is 2. The Labute approximate surface area is 141 Å². The fourth-order valence-electron chi connectivity index (χ4n) is 3.07. The molecule has 24 heavy (non-hydrogen) atoms. The van der Waals surface area contributed by atoms with E-state index in [2.05, 4.69) is 10.3 Å². The molecule has 0 aliphatic carbocycles. The first-order valence-electron chi connectivity index (χ1n) is 8.05. The number of carbonyl (C=O) groups excluding carboxylic acids is 1. The number of benzene rings is 1. The normalized spacial score (nSPS) is 15.3. The summed E-state index contributed by atoms with van der Waals surface area (Å²) in [5.74, 6) is 1.45. The molecule has 1 fully saturated rings. The molecule has 0 unspecified atom stereocenters. The predicted molar refractivity (Wildman–Crippen MR) is 88.1 cm³/mol. The van der Waals surface area contributed by atoms with E-state index in [4.69, 9.17) is 9.47 Å². The molecule has 0 bridgehead atoms. The molecule has 0 saturated carbocycles. The van der Waals surface area contributed by atoms with Crippen molar-refractivity contribution >= 4 is 5.91 Å². The van der Waals surface area contributed by atoms with Gasteiger partial charge in [-0.3, -0.25) is 4.79 Å². The molecule has 7 nitrogen and oxygen atoms in total. The van der Waals surface area contributed by atoms with Crippen molar-refractivity contribution in [1.82, 2.24) is 19.9 Å². The number of hydrogen-bond acceptors (Lipinski definition) is 5. The van der Waals surface area contributed by atoms with E-state index >= 15 is 0 Å². The van der Waals surface area contributed by atoms with Crippen molar-refractivity contribution in [2.45, 2.75) is 25.3 Å². The smallest absolute Gasteiger partial charge is 0.226 e. The van der Waals surface area contributed by atoms with Crippen molar-refractivity contribution in [3.8, 4) is 11.5 Å². The standard InChI is InChI=1S/C17H22N4O3/c1-23-15-4-3-13(11-16(15)24-2)12-17(22)20-8-5-14(6-9-20)21-10-7-18-19-21/h3-4,7,10-11,14H,5-6,8-9,12H2,1-2H3. The zero-order chi connectivity index (χ0) is 16.9. The Morgan fingerprint density at radius 1 is 1.21 bits per heavy atom. The third-order valence-electron chi connectivity index (χ3n) is 4.44. The summed E-state index contributed by atoms with van der Waals surface area (Å²) in [7, 11) is 3.19. The van der Waals surface area contributed by atoms with Gasteiger partial charge in [0, 0.05) is 19.3 Å². The minimum absolute atomic E-state index is 0.138. The maximum absolute atomic E-state index is 12.5. The molecule has 2 heterocycles. The van der Waals surface area contributed by atoms with Gasteiger partial charge in [-0.15, -0.1) is 5.10 Å². The zero-order valence-electron chi connectivity index (χ0n) is 14.0. The molecule has 2 aromatic rings. The van der Waals surface area contributed by atoms with Gasteiger partial charge in [0.15, 0.2) is 11.5 Å². The van der Waals surface area contributed by atoms with Crippen LogP contribution >= 0.6 is 0 Å². The third kappa shape index (κ3) is 3.50. The van der Waals surface area contributed by atoms with Gasteiger partial charge < -0.3 is 14.4 Å². The number of amides is 1. The number of likely N-dealkylation sites (tertiary alicyclic amines) is 1. The van der Waals surface area contributed by atoms with Gasteiger partial charge in [0.2, 0.25) is 5.91 Å². The molecule has 0 atom stereocenters. The molecule has 128 valence electrons. The molecule has 0 radical (unpaired) electrons. The molecule has 7 heteroatoms. The fraction of sp³-hybridized carbons (Fsp3) is 0.471. The van der Waals surface area contributed by atoms with Crippen LogP contribution in [0.3, 0.4) is 0 Å². The number of rotatable bonds is 5. The number of nitrogens with zero attached hydrogens (tertiary/aromatic N) is 4. The summed E-state index contributed by atoms with van der Waals surface area (Å²) in [4.78, 5) is 14.5. The summed E-state index contributed by atoms with van der Waals surface area (Å²) in [5, 5.41) is 7.90. The van der Waals surface area contributed by atoms with Crippen molar-refractivity contribution in [1.29, 1.82) is 0 Å². The highest BCUT2D eigenvalue weighted by Crippen LogP contribution is 2.28. The topological polar surface area (TPSA) is 69.5 Å². The van der Waals surface area contributed by atoms with Gasteiger partial charge in [0.1, 0.15) is 0 Å². The molecule has 1 saturated heterocycles. The monoisotopic (exact) mass is 330 g/mol. The summed E-state index contributed by atoms with van der Waals surface area (Å²) < 4.78 is 12.4. The molecular weight excluding hydrogens is 308 g/mol. The second-order valence-corrected chi connectivity index (χ2v) is 5.86. The Kier molecular flexibility index (Phi) is 4.98. The SMILES string of the molecule is COc1ccc(CC(=O)N2CCC(n3ccnn3)CC2)cc1OC. The van der Waals surface area contributed by atoms with E-state index in [9.17, 15) is 4.79 Å². The molecule has 1 aromatic heterocycles. The second kappa shape index (κ2) is 7.33. The number of piperidine rings is 1. The predicted octanol–water partition coefficient (Wildman–Crippen LogP) is 1.70. The first kappa shape index (κ1) is 16.3. The van der Waals surface area contributed by atoms with E-state index in [-0.39, 0.29) is 5.91 Å². The molecule has 0 spiro atoms.